The van der Waals surface area contributed by atoms with Gasteiger partial charge in [0.05, 0.1) is 11.3 Å². The van der Waals surface area contributed by atoms with Crippen LogP contribution in [0.3, 0.4) is 0 Å². The molecule has 0 bridgehead atoms. The Morgan fingerprint density at radius 2 is 1.44 bits per heavy atom. The summed E-state index contributed by atoms with van der Waals surface area (Å²) in [4.78, 5) is 7.55. The maximum Gasteiger partial charge on any atom is 0.418 e. The summed E-state index contributed by atoms with van der Waals surface area (Å²) in [6, 6.07) is 7.08. The normalized spacial score (nSPS) is 11.7. The van der Waals surface area contributed by atoms with Crippen LogP contribution in [0.25, 0.3) is 0 Å². The molecule has 0 aliphatic carbocycles. The monoisotopic (exact) mass is 360 g/mol. The van der Waals surface area contributed by atoms with Gasteiger partial charge in [-0.25, -0.2) is 8.78 Å². The average Bonchev–Trinajstić information content (AvgIpc) is 2.54. The Morgan fingerprint density at radius 1 is 0.840 bits per heavy atom. The van der Waals surface area contributed by atoms with Crippen LogP contribution in [0.5, 0.6) is 0 Å². The van der Waals surface area contributed by atoms with E-state index in [0.717, 1.165) is 6.07 Å². The van der Waals surface area contributed by atoms with Gasteiger partial charge in [-0.1, -0.05) is 33.8 Å². The van der Waals surface area contributed by atoms with E-state index in [2.05, 4.69) is 9.97 Å². The Hall–Kier alpha value is -2.05. The maximum atomic E-state index is 12.4. The summed E-state index contributed by atoms with van der Waals surface area (Å²) in [7, 11) is 0. The standard InChI is InChI=1S/C9H10F3N.C9H11F2N/c1-6(2)8-7(9(10,11)12)4-3-5-13-8;1-6(2)7-4-3-5-8(12-7)9(10)11/h3-6H,1-2H3;3-6,9H,1-2H3. The van der Waals surface area contributed by atoms with E-state index < -0.39 is 18.2 Å². The largest absolute Gasteiger partial charge is 0.418 e. The van der Waals surface area contributed by atoms with Crippen molar-refractivity contribution >= 4 is 0 Å². The molecule has 2 aromatic rings. The van der Waals surface area contributed by atoms with Crippen LogP contribution >= 0.6 is 0 Å². The minimum Gasteiger partial charge on any atom is -0.260 e. The summed E-state index contributed by atoms with van der Waals surface area (Å²) in [6.45, 7) is 7.24. The predicted octanol–water partition coefficient (Wildman–Crippen LogP) is 6.37. The minimum absolute atomic E-state index is 0.106. The molecule has 0 spiro atoms. The van der Waals surface area contributed by atoms with E-state index in [0.29, 0.717) is 5.69 Å². The Bertz CT molecular complexity index is 643. The van der Waals surface area contributed by atoms with Crippen LogP contribution in [-0.2, 0) is 6.18 Å². The van der Waals surface area contributed by atoms with Gasteiger partial charge in [0, 0.05) is 11.9 Å². The second-order valence-corrected chi connectivity index (χ2v) is 6.03. The van der Waals surface area contributed by atoms with Crippen LogP contribution in [0.2, 0.25) is 0 Å². The summed E-state index contributed by atoms with van der Waals surface area (Å²) >= 11 is 0. The Morgan fingerprint density at radius 3 is 1.88 bits per heavy atom. The Labute approximate surface area is 144 Å². The third-order valence-electron chi connectivity index (χ3n) is 3.30. The van der Waals surface area contributed by atoms with Crippen molar-refractivity contribution in [3.05, 3.63) is 59.2 Å². The lowest BCUT2D eigenvalue weighted by atomic mass is 10.0. The maximum absolute atomic E-state index is 12.4. The Balaban J connectivity index is 0.000000251. The molecular weight excluding hydrogens is 339 g/mol. The van der Waals surface area contributed by atoms with Gasteiger partial charge in [0.1, 0.15) is 5.69 Å². The van der Waals surface area contributed by atoms with Gasteiger partial charge < -0.3 is 0 Å². The van der Waals surface area contributed by atoms with E-state index in [4.69, 9.17) is 0 Å². The van der Waals surface area contributed by atoms with Crippen LogP contribution in [0.4, 0.5) is 22.0 Å². The van der Waals surface area contributed by atoms with E-state index in [1.165, 1.54) is 18.3 Å². The second-order valence-electron chi connectivity index (χ2n) is 6.03. The van der Waals surface area contributed by atoms with Crippen molar-refractivity contribution < 1.29 is 22.0 Å². The van der Waals surface area contributed by atoms with Gasteiger partial charge in [0.15, 0.2) is 0 Å². The first-order chi connectivity index (χ1) is 11.5. The van der Waals surface area contributed by atoms with E-state index in [-0.39, 0.29) is 23.2 Å². The van der Waals surface area contributed by atoms with Crippen LogP contribution < -0.4 is 0 Å². The zero-order chi connectivity index (χ0) is 19.2. The van der Waals surface area contributed by atoms with Crippen molar-refractivity contribution in [3.8, 4) is 0 Å². The lowest BCUT2D eigenvalue weighted by Gasteiger charge is -2.13. The molecule has 138 valence electrons. The first-order valence-corrected chi connectivity index (χ1v) is 7.81. The van der Waals surface area contributed by atoms with Crippen molar-refractivity contribution in [1.29, 1.82) is 0 Å². The number of nitrogens with zero attached hydrogens (tertiary/aromatic N) is 2. The van der Waals surface area contributed by atoms with E-state index in [1.54, 1.807) is 26.0 Å². The van der Waals surface area contributed by atoms with Gasteiger partial charge >= 0.3 is 6.18 Å². The smallest absolute Gasteiger partial charge is 0.260 e. The third-order valence-corrected chi connectivity index (χ3v) is 3.30. The molecular formula is C18H21F5N2. The number of rotatable bonds is 3. The molecule has 2 rings (SSSR count). The van der Waals surface area contributed by atoms with Gasteiger partial charge in [0.2, 0.25) is 0 Å². The minimum atomic E-state index is -4.30. The first-order valence-electron chi connectivity index (χ1n) is 7.81. The molecule has 0 aliphatic heterocycles. The van der Waals surface area contributed by atoms with Crippen molar-refractivity contribution in [3.63, 3.8) is 0 Å². The molecule has 25 heavy (non-hydrogen) atoms. The molecule has 0 radical (unpaired) electrons. The van der Waals surface area contributed by atoms with E-state index in [9.17, 15) is 22.0 Å². The average molecular weight is 360 g/mol. The number of hydrogen-bond acceptors (Lipinski definition) is 2. The quantitative estimate of drug-likeness (QED) is 0.595. The second kappa shape index (κ2) is 8.87. The van der Waals surface area contributed by atoms with Gasteiger partial charge in [-0.3, -0.25) is 9.97 Å². The third kappa shape index (κ3) is 6.40. The molecule has 0 fully saturated rings. The van der Waals surface area contributed by atoms with Crippen molar-refractivity contribution in [2.45, 2.75) is 52.1 Å². The molecule has 0 amide bonds. The van der Waals surface area contributed by atoms with E-state index in [1.807, 2.05) is 13.8 Å². The molecule has 0 aromatic carbocycles. The highest BCUT2D eigenvalue weighted by Crippen LogP contribution is 2.33. The zero-order valence-electron chi connectivity index (χ0n) is 14.5. The van der Waals surface area contributed by atoms with Gasteiger partial charge in [-0.15, -0.1) is 0 Å². The zero-order valence-corrected chi connectivity index (χ0v) is 14.5. The van der Waals surface area contributed by atoms with Crippen molar-refractivity contribution in [1.82, 2.24) is 9.97 Å². The fraction of sp³-hybridized carbons (Fsp3) is 0.444. The fourth-order valence-electron chi connectivity index (χ4n) is 2.03. The number of pyridine rings is 2. The molecule has 2 nitrogen and oxygen atoms in total. The molecule has 2 heterocycles. The van der Waals surface area contributed by atoms with Crippen LogP contribution in [0, 0.1) is 0 Å². The number of hydrogen-bond donors (Lipinski definition) is 0. The van der Waals surface area contributed by atoms with E-state index >= 15 is 0 Å². The molecule has 0 saturated heterocycles. The molecule has 0 aliphatic rings. The lowest BCUT2D eigenvalue weighted by Crippen LogP contribution is -2.11. The van der Waals surface area contributed by atoms with Gasteiger partial charge in [-0.2, -0.15) is 13.2 Å². The van der Waals surface area contributed by atoms with Crippen LogP contribution in [0.1, 0.15) is 68.6 Å². The number of halogens is 5. The van der Waals surface area contributed by atoms with Crippen molar-refractivity contribution in [2.75, 3.05) is 0 Å². The lowest BCUT2D eigenvalue weighted by molar-refractivity contribution is -0.138. The molecule has 0 atom stereocenters. The van der Waals surface area contributed by atoms with Crippen LogP contribution in [0.15, 0.2) is 36.5 Å². The van der Waals surface area contributed by atoms with Gasteiger partial charge in [-0.05, 0) is 36.1 Å². The SMILES string of the molecule is CC(C)c1cccc(C(F)F)n1.CC(C)c1ncccc1C(F)(F)F. The molecule has 0 unspecified atom stereocenters. The number of alkyl halides is 5. The molecule has 7 heteroatoms. The fourth-order valence-corrected chi connectivity index (χ4v) is 2.03. The highest BCUT2D eigenvalue weighted by molar-refractivity contribution is 5.25. The molecule has 0 saturated carbocycles. The van der Waals surface area contributed by atoms with Crippen LogP contribution in [-0.4, -0.2) is 9.97 Å². The first kappa shape index (κ1) is 21.0. The molecule has 0 N–H and O–H groups in total. The van der Waals surface area contributed by atoms with Crippen molar-refractivity contribution in [2.24, 2.45) is 0 Å². The van der Waals surface area contributed by atoms with Gasteiger partial charge in [0.25, 0.3) is 6.43 Å². The summed E-state index contributed by atoms with van der Waals surface area (Å²) in [5, 5.41) is 0. The Kier molecular flexibility index (Phi) is 7.45. The highest BCUT2D eigenvalue weighted by atomic mass is 19.4. The summed E-state index contributed by atoms with van der Waals surface area (Å²) in [5.41, 5.74) is 0.0500. The topological polar surface area (TPSA) is 25.8 Å². The predicted molar refractivity (Wildman–Crippen MR) is 86.6 cm³/mol. The highest BCUT2D eigenvalue weighted by Gasteiger charge is 2.34. The molecule has 2 aromatic heterocycles. The summed E-state index contributed by atoms with van der Waals surface area (Å²) in [6.07, 6.45) is -5.39. The number of aromatic nitrogens is 2. The summed E-state index contributed by atoms with van der Waals surface area (Å²) in [5.74, 6) is -0.0125. The summed E-state index contributed by atoms with van der Waals surface area (Å²) < 4.78 is 61.4.